The van der Waals surface area contributed by atoms with Gasteiger partial charge in [0.05, 0.1) is 27.2 Å². The van der Waals surface area contributed by atoms with Crippen molar-refractivity contribution >= 4 is 22.0 Å². The number of nitrogens with zero attached hydrogens (tertiary/aromatic N) is 3. The van der Waals surface area contributed by atoms with E-state index < -0.39 is 21.2 Å². The van der Waals surface area contributed by atoms with Gasteiger partial charge in [0.15, 0.2) is 0 Å². The number of aromatic nitrogens is 1. The van der Waals surface area contributed by atoms with Crippen LogP contribution < -0.4 is 9.22 Å². The van der Waals surface area contributed by atoms with Gasteiger partial charge in [0, 0.05) is 12.7 Å². The molecular weight excluding hydrogens is 443 g/mol. The van der Waals surface area contributed by atoms with Crippen molar-refractivity contribution in [3.05, 3.63) is 18.3 Å². The Morgan fingerprint density at radius 2 is 1.84 bits per heavy atom. The summed E-state index contributed by atoms with van der Waals surface area (Å²) in [4.78, 5) is 18.3. The van der Waals surface area contributed by atoms with Crippen molar-refractivity contribution in [2.24, 2.45) is 0 Å². The molecule has 1 aliphatic rings. The van der Waals surface area contributed by atoms with E-state index in [0.717, 1.165) is 24.5 Å². The molecule has 0 aliphatic carbocycles. The number of carbonyl (C=O) groups excluding carboxylic acids is 1. The van der Waals surface area contributed by atoms with Crippen LogP contribution in [0.3, 0.4) is 0 Å². The van der Waals surface area contributed by atoms with Crippen molar-refractivity contribution < 1.29 is 40.4 Å². The van der Waals surface area contributed by atoms with Gasteiger partial charge in [-0.2, -0.15) is 21.6 Å². The summed E-state index contributed by atoms with van der Waals surface area (Å²) in [5, 5.41) is 0. The second-order valence-corrected chi connectivity index (χ2v) is 10.1. The molecular formula is C18H29F3N3O6S+. The smallest absolute Gasteiger partial charge is 0.484 e. The van der Waals surface area contributed by atoms with Gasteiger partial charge < -0.3 is 14.4 Å². The fourth-order valence-electron chi connectivity index (χ4n) is 2.36. The normalized spacial score (nSPS) is 17.2. The number of quaternary nitrogens is 1. The highest BCUT2D eigenvalue weighted by Crippen LogP contribution is 2.29. The van der Waals surface area contributed by atoms with E-state index in [0.29, 0.717) is 11.1 Å². The Kier molecular flexibility index (Phi) is 8.31. The van der Waals surface area contributed by atoms with E-state index in [1.54, 1.807) is 11.1 Å². The summed E-state index contributed by atoms with van der Waals surface area (Å²) in [6.07, 6.45) is 2.43. The van der Waals surface area contributed by atoms with Crippen LogP contribution in [0.5, 0.6) is 5.75 Å². The van der Waals surface area contributed by atoms with Gasteiger partial charge in [-0.1, -0.05) is 0 Å². The van der Waals surface area contributed by atoms with Crippen molar-refractivity contribution in [1.29, 1.82) is 0 Å². The molecule has 178 valence electrons. The van der Waals surface area contributed by atoms with E-state index in [4.69, 9.17) is 22.4 Å². The van der Waals surface area contributed by atoms with Gasteiger partial charge in [0.2, 0.25) is 5.75 Å². The lowest BCUT2D eigenvalue weighted by molar-refractivity contribution is -0.0510. The van der Waals surface area contributed by atoms with E-state index in [2.05, 4.69) is 4.98 Å². The number of amides is 1. The number of likely N-dealkylation sites (tertiary alicyclic amines) is 1. The minimum atomic E-state index is -5.84. The number of alkyl halides is 3. The van der Waals surface area contributed by atoms with Gasteiger partial charge in [-0.3, -0.25) is 9.04 Å². The van der Waals surface area contributed by atoms with Gasteiger partial charge in [0.25, 0.3) is 5.82 Å². The van der Waals surface area contributed by atoms with Gasteiger partial charge in [-0.05, 0) is 39.3 Å². The van der Waals surface area contributed by atoms with Crippen LogP contribution in [0.4, 0.5) is 23.8 Å². The quantitative estimate of drug-likeness (QED) is 0.408. The highest BCUT2D eigenvalue weighted by molar-refractivity contribution is 7.86. The van der Waals surface area contributed by atoms with E-state index in [1.807, 2.05) is 54.0 Å². The summed E-state index contributed by atoms with van der Waals surface area (Å²) in [5.74, 6) is 1.63. The Balaban J connectivity index is 0.000000512. The summed E-state index contributed by atoms with van der Waals surface area (Å²) in [7, 11) is 0.301. The molecule has 1 saturated heterocycles. The monoisotopic (exact) mass is 472 g/mol. The van der Waals surface area contributed by atoms with E-state index >= 15 is 0 Å². The Morgan fingerprint density at radius 3 is 2.23 bits per heavy atom. The highest BCUT2D eigenvalue weighted by Gasteiger charge is 2.44. The third kappa shape index (κ3) is 8.50. The first-order valence-corrected chi connectivity index (χ1v) is 10.7. The summed E-state index contributed by atoms with van der Waals surface area (Å²) < 4.78 is 69.5. The number of carbonyl (C=O) groups is 1. The van der Waals surface area contributed by atoms with Crippen molar-refractivity contribution in [3.8, 4) is 5.75 Å². The predicted molar refractivity (Wildman–Crippen MR) is 108 cm³/mol. The van der Waals surface area contributed by atoms with Crippen molar-refractivity contribution in [2.45, 2.75) is 44.3 Å². The fraction of sp³-hybridized carbons (Fsp3) is 0.667. The van der Waals surface area contributed by atoms with Crippen molar-refractivity contribution in [2.75, 3.05) is 34.3 Å². The van der Waals surface area contributed by atoms with Crippen LogP contribution >= 0.6 is 0 Å². The molecule has 0 aromatic carbocycles. The standard InChI is InChI=1S/C17H28N3O3.CHF3O3S/c1-17(2,3)23-16(21)19-11-9-13(19)12-22-14-8-7-10-18-15(14)20(4,5)6;2-1(3,4)8(5,6)7/h7-8,10,13H,9,11-12H2,1-6H3;(H,5,6,7)/q+1;/t13-;/m0./s1. The van der Waals surface area contributed by atoms with Crippen LogP contribution in [0.25, 0.3) is 0 Å². The first-order chi connectivity index (χ1) is 13.8. The number of hydrogen-bond donors (Lipinski definition) is 1. The average molecular weight is 473 g/mol. The Morgan fingerprint density at radius 1 is 1.29 bits per heavy atom. The Hall–Kier alpha value is -2.12. The van der Waals surface area contributed by atoms with Crippen LogP contribution in [0.1, 0.15) is 27.2 Å². The molecule has 1 aromatic rings. The topological polar surface area (TPSA) is 106 Å². The lowest BCUT2D eigenvalue weighted by Crippen LogP contribution is -2.55. The first-order valence-electron chi connectivity index (χ1n) is 9.26. The molecule has 2 rings (SSSR count). The average Bonchev–Trinajstić information content (AvgIpc) is 2.50. The van der Waals surface area contributed by atoms with E-state index in [-0.39, 0.29) is 12.1 Å². The van der Waals surface area contributed by atoms with E-state index in [1.165, 1.54) is 0 Å². The lowest BCUT2D eigenvalue weighted by Gasteiger charge is -2.41. The zero-order chi connectivity index (χ0) is 24.3. The van der Waals surface area contributed by atoms with Crippen LogP contribution in [0.15, 0.2) is 18.3 Å². The highest BCUT2D eigenvalue weighted by atomic mass is 32.2. The number of hydrogen-bond acceptors (Lipinski definition) is 6. The first kappa shape index (κ1) is 26.9. The molecule has 2 heterocycles. The summed E-state index contributed by atoms with van der Waals surface area (Å²) in [6.45, 7) is 6.80. The van der Waals surface area contributed by atoms with Gasteiger partial charge in [-0.25, -0.2) is 9.78 Å². The predicted octanol–water partition coefficient (Wildman–Crippen LogP) is 3.06. The Bertz CT molecular complexity index is 864. The second-order valence-electron chi connectivity index (χ2n) is 8.69. The molecule has 31 heavy (non-hydrogen) atoms. The molecule has 0 unspecified atom stereocenters. The molecule has 0 spiro atoms. The molecule has 1 amide bonds. The number of ether oxygens (including phenoxy) is 2. The molecule has 1 fully saturated rings. The van der Waals surface area contributed by atoms with Gasteiger partial charge in [-0.15, -0.1) is 0 Å². The van der Waals surface area contributed by atoms with Crippen molar-refractivity contribution in [3.63, 3.8) is 0 Å². The van der Waals surface area contributed by atoms with Crippen LogP contribution in [0.2, 0.25) is 0 Å². The minimum absolute atomic E-state index is 0.0605. The number of pyridine rings is 1. The maximum absolute atomic E-state index is 12.1. The molecule has 9 nitrogen and oxygen atoms in total. The molecule has 1 aromatic heterocycles. The Labute approximate surface area is 180 Å². The van der Waals surface area contributed by atoms with Crippen LogP contribution in [0, 0.1) is 0 Å². The summed E-state index contributed by atoms with van der Waals surface area (Å²) in [6, 6.07) is 3.84. The van der Waals surface area contributed by atoms with Crippen molar-refractivity contribution in [1.82, 2.24) is 14.4 Å². The summed E-state index contributed by atoms with van der Waals surface area (Å²) in [5.41, 5.74) is -6.01. The largest absolute Gasteiger partial charge is 0.522 e. The third-order valence-electron chi connectivity index (χ3n) is 3.88. The maximum Gasteiger partial charge on any atom is 0.522 e. The third-order valence-corrected chi connectivity index (χ3v) is 4.47. The molecule has 1 N–H and O–H groups in total. The second kappa shape index (κ2) is 9.57. The minimum Gasteiger partial charge on any atom is -0.484 e. The summed E-state index contributed by atoms with van der Waals surface area (Å²) >= 11 is 0. The van der Waals surface area contributed by atoms with E-state index in [9.17, 15) is 18.0 Å². The molecule has 0 saturated carbocycles. The molecule has 0 bridgehead atoms. The zero-order valence-corrected chi connectivity index (χ0v) is 19.1. The van der Waals surface area contributed by atoms with Crippen LogP contribution in [-0.4, -0.2) is 80.4 Å². The maximum atomic E-state index is 12.1. The lowest BCUT2D eigenvalue weighted by atomic mass is 10.1. The number of rotatable bonds is 4. The fourth-order valence-corrected chi connectivity index (χ4v) is 2.36. The zero-order valence-electron chi connectivity index (χ0n) is 18.3. The molecule has 13 heteroatoms. The van der Waals surface area contributed by atoms with Gasteiger partial charge >= 0.3 is 21.7 Å². The molecule has 1 atom stereocenters. The SMILES string of the molecule is CC(C)(C)OC(=O)N1CC[C@H]1COc1cccnc1[N+](C)(C)C.O=S(=O)(O)C(F)(F)F. The van der Waals surface area contributed by atoms with Gasteiger partial charge in [0.1, 0.15) is 12.2 Å². The number of halogens is 3. The van der Waals surface area contributed by atoms with Crippen LogP contribution in [-0.2, 0) is 14.9 Å². The molecule has 0 radical (unpaired) electrons. The molecule has 1 aliphatic heterocycles.